The highest BCUT2D eigenvalue weighted by atomic mass is 79.9. The number of carbonyl (C=O) groups excluding carboxylic acids is 2. The van der Waals surface area contributed by atoms with Gasteiger partial charge in [0.15, 0.2) is 11.6 Å². The molecule has 0 spiro atoms. The van der Waals surface area contributed by atoms with Crippen LogP contribution in [0.25, 0.3) is 0 Å². The van der Waals surface area contributed by atoms with Gasteiger partial charge < -0.3 is 10.6 Å². The molecule has 2 aromatic rings. The van der Waals surface area contributed by atoms with Gasteiger partial charge in [-0.3, -0.25) is 9.59 Å². The maximum atomic E-state index is 13.0. The zero-order valence-corrected chi connectivity index (χ0v) is 13.5. The van der Waals surface area contributed by atoms with E-state index in [0.29, 0.717) is 0 Å². The van der Waals surface area contributed by atoms with E-state index in [9.17, 15) is 18.4 Å². The second kappa shape index (κ2) is 7.82. The Morgan fingerprint density at radius 2 is 1.74 bits per heavy atom. The average molecular weight is 383 g/mol. The highest BCUT2D eigenvalue weighted by molar-refractivity contribution is 9.10. The third-order valence-corrected chi connectivity index (χ3v) is 3.73. The lowest BCUT2D eigenvalue weighted by atomic mass is 10.1. The van der Waals surface area contributed by atoms with Gasteiger partial charge in [-0.2, -0.15) is 0 Å². The summed E-state index contributed by atoms with van der Waals surface area (Å²) < 4.78 is 26.6. The molecular weight excluding hydrogens is 370 g/mol. The largest absolute Gasteiger partial charge is 0.347 e. The SMILES string of the molecule is O=C(Cc1ccccc1Br)NCC(=O)Nc1ccc(F)c(F)c1. The fourth-order valence-electron chi connectivity index (χ4n) is 1.84. The molecule has 0 bridgehead atoms. The van der Waals surface area contributed by atoms with Crippen LogP contribution in [0.1, 0.15) is 5.56 Å². The molecule has 0 radical (unpaired) electrons. The van der Waals surface area contributed by atoms with Crippen LogP contribution in [-0.2, 0) is 16.0 Å². The van der Waals surface area contributed by atoms with Crippen LogP contribution in [0.4, 0.5) is 14.5 Å². The predicted molar refractivity (Wildman–Crippen MR) is 85.8 cm³/mol. The number of nitrogens with one attached hydrogen (secondary N) is 2. The molecular formula is C16H13BrF2N2O2. The Balaban J connectivity index is 1.83. The standard InChI is InChI=1S/C16H13BrF2N2O2/c17-12-4-2-1-3-10(12)7-15(22)20-9-16(23)21-11-5-6-13(18)14(19)8-11/h1-6,8H,7,9H2,(H,20,22)(H,21,23). The summed E-state index contributed by atoms with van der Waals surface area (Å²) in [6, 6.07) is 10.3. The number of rotatable bonds is 5. The number of benzene rings is 2. The van der Waals surface area contributed by atoms with E-state index in [1.807, 2.05) is 18.2 Å². The lowest BCUT2D eigenvalue weighted by molar-refractivity contribution is -0.123. The van der Waals surface area contributed by atoms with Crippen LogP contribution in [-0.4, -0.2) is 18.4 Å². The normalized spacial score (nSPS) is 10.2. The molecule has 23 heavy (non-hydrogen) atoms. The van der Waals surface area contributed by atoms with E-state index < -0.39 is 17.5 Å². The molecule has 0 unspecified atom stereocenters. The van der Waals surface area contributed by atoms with Crippen LogP contribution >= 0.6 is 15.9 Å². The number of hydrogen-bond acceptors (Lipinski definition) is 2. The average Bonchev–Trinajstić information content (AvgIpc) is 2.51. The first-order valence-corrected chi connectivity index (χ1v) is 7.50. The quantitative estimate of drug-likeness (QED) is 0.834. The molecule has 0 saturated heterocycles. The van der Waals surface area contributed by atoms with Gasteiger partial charge in [0.25, 0.3) is 0 Å². The topological polar surface area (TPSA) is 58.2 Å². The Hall–Kier alpha value is -2.28. The molecule has 7 heteroatoms. The van der Waals surface area contributed by atoms with Crippen LogP contribution < -0.4 is 10.6 Å². The van der Waals surface area contributed by atoms with Crippen molar-refractivity contribution in [1.82, 2.24) is 5.32 Å². The lowest BCUT2D eigenvalue weighted by Gasteiger charge is -2.08. The first-order chi connectivity index (χ1) is 11.0. The Labute approximate surface area is 140 Å². The second-order valence-corrected chi connectivity index (χ2v) is 5.58. The van der Waals surface area contributed by atoms with Gasteiger partial charge in [-0.15, -0.1) is 0 Å². The van der Waals surface area contributed by atoms with Crippen molar-refractivity contribution in [1.29, 1.82) is 0 Å². The third kappa shape index (κ3) is 5.14. The van der Waals surface area contributed by atoms with Crippen molar-refractivity contribution in [3.63, 3.8) is 0 Å². The Morgan fingerprint density at radius 3 is 2.43 bits per heavy atom. The van der Waals surface area contributed by atoms with Crippen molar-refractivity contribution < 1.29 is 18.4 Å². The van der Waals surface area contributed by atoms with Crippen molar-refractivity contribution in [2.45, 2.75) is 6.42 Å². The molecule has 0 saturated carbocycles. The zero-order valence-electron chi connectivity index (χ0n) is 11.9. The molecule has 0 aliphatic carbocycles. The summed E-state index contributed by atoms with van der Waals surface area (Å²) >= 11 is 3.34. The van der Waals surface area contributed by atoms with E-state index >= 15 is 0 Å². The lowest BCUT2D eigenvalue weighted by Crippen LogP contribution is -2.33. The van der Waals surface area contributed by atoms with Crippen LogP contribution in [0.3, 0.4) is 0 Å². The van der Waals surface area contributed by atoms with E-state index in [0.717, 1.165) is 22.2 Å². The number of anilines is 1. The van der Waals surface area contributed by atoms with Crippen LogP contribution in [0, 0.1) is 11.6 Å². The smallest absolute Gasteiger partial charge is 0.243 e. The van der Waals surface area contributed by atoms with Crippen molar-refractivity contribution >= 4 is 33.4 Å². The maximum Gasteiger partial charge on any atom is 0.243 e. The molecule has 0 atom stereocenters. The number of halogens is 3. The highest BCUT2D eigenvalue weighted by Gasteiger charge is 2.10. The first kappa shape index (κ1) is 17.1. The van der Waals surface area contributed by atoms with Gasteiger partial charge in [-0.05, 0) is 23.8 Å². The summed E-state index contributed by atoms with van der Waals surface area (Å²) in [5.41, 5.74) is 0.917. The van der Waals surface area contributed by atoms with E-state index in [1.54, 1.807) is 6.07 Å². The fourth-order valence-corrected chi connectivity index (χ4v) is 2.26. The van der Waals surface area contributed by atoms with Gasteiger partial charge in [0.2, 0.25) is 11.8 Å². The van der Waals surface area contributed by atoms with Gasteiger partial charge >= 0.3 is 0 Å². The monoisotopic (exact) mass is 382 g/mol. The molecule has 0 aromatic heterocycles. The molecule has 2 N–H and O–H groups in total. The summed E-state index contributed by atoms with van der Waals surface area (Å²) in [4.78, 5) is 23.5. The summed E-state index contributed by atoms with van der Waals surface area (Å²) in [5, 5.41) is 4.84. The number of amides is 2. The third-order valence-electron chi connectivity index (χ3n) is 2.96. The van der Waals surface area contributed by atoms with E-state index in [2.05, 4.69) is 26.6 Å². The zero-order chi connectivity index (χ0) is 16.8. The van der Waals surface area contributed by atoms with Gasteiger partial charge in [0.05, 0.1) is 13.0 Å². The van der Waals surface area contributed by atoms with Gasteiger partial charge in [-0.1, -0.05) is 34.1 Å². The van der Waals surface area contributed by atoms with Crippen molar-refractivity contribution in [2.24, 2.45) is 0 Å². The summed E-state index contributed by atoms with van der Waals surface area (Å²) in [6.07, 6.45) is 0.125. The van der Waals surface area contributed by atoms with E-state index in [4.69, 9.17) is 0 Å². The molecule has 0 fully saturated rings. The first-order valence-electron chi connectivity index (χ1n) is 6.70. The fraction of sp³-hybridized carbons (Fsp3) is 0.125. The highest BCUT2D eigenvalue weighted by Crippen LogP contribution is 2.16. The summed E-state index contributed by atoms with van der Waals surface area (Å²) in [5.74, 6) is -2.90. The van der Waals surface area contributed by atoms with Gasteiger partial charge in [-0.25, -0.2) is 8.78 Å². The Kier molecular flexibility index (Phi) is 5.81. The molecule has 2 aromatic carbocycles. The van der Waals surface area contributed by atoms with E-state index in [1.165, 1.54) is 6.07 Å². The van der Waals surface area contributed by atoms with Crippen molar-refractivity contribution in [3.8, 4) is 0 Å². The second-order valence-electron chi connectivity index (χ2n) is 4.72. The minimum absolute atomic E-state index is 0.119. The summed E-state index contributed by atoms with van der Waals surface area (Å²) in [7, 11) is 0. The molecule has 0 aliphatic heterocycles. The Morgan fingerprint density at radius 1 is 1.00 bits per heavy atom. The number of hydrogen-bond donors (Lipinski definition) is 2. The molecule has 4 nitrogen and oxygen atoms in total. The van der Waals surface area contributed by atoms with Crippen molar-refractivity contribution in [3.05, 3.63) is 64.1 Å². The summed E-state index contributed by atoms with van der Waals surface area (Å²) in [6.45, 7) is -0.262. The molecule has 0 aliphatic rings. The number of carbonyl (C=O) groups is 2. The van der Waals surface area contributed by atoms with Crippen molar-refractivity contribution in [2.75, 3.05) is 11.9 Å². The maximum absolute atomic E-state index is 13.0. The predicted octanol–water partition coefficient (Wildman–Crippen LogP) is 3.02. The minimum atomic E-state index is -1.05. The van der Waals surface area contributed by atoms with E-state index in [-0.39, 0.29) is 24.6 Å². The minimum Gasteiger partial charge on any atom is -0.347 e. The molecule has 2 amide bonds. The molecule has 120 valence electrons. The van der Waals surface area contributed by atoms with Crippen LogP contribution in [0.15, 0.2) is 46.9 Å². The van der Waals surface area contributed by atoms with Gasteiger partial charge in [0.1, 0.15) is 0 Å². The van der Waals surface area contributed by atoms with Crippen LogP contribution in [0.5, 0.6) is 0 Å². The van der Waals surface area contributed by atoms with Crippen LogP contribution in [0.2, 0.25) is 0 Å². The van der Waals surface area contributed by atoms with Gasteiger partial charge in [0, 0.05) is 16.2 Å². The Bertz CT molecular complexity index is 738. The molecule has 0 heterocycles. The molecule has 2 rings (SSSR count).